The van der Waals surface area contributed by atoms with Crippen LogP contribution in [0.15, 0.2) is 6.07 Å². The van der Waals surface area contributed by atoms with Crippen molar-refractivity contribution in [1.82, 2.24) is 4.98 Å². The minimum Gasteiger partial charge on any atom is -0.323 e. The molecule has 0 bridgehead atoms. The Labute approximate surface area is 101 Å². The van der Waals surface area contributed by atoms with Gasteiger partial charge in [-0.05, 0) is 24.8 Å². The first-order valence-electron chi connectivity index (χ1n) is 5.59. The van der Waals surface area contributed by atoms with Crippen molar-refractivity contribution in [3.63, 3.8) is 0 Å². The van der Waals surface area contributed by atoms with E-state index in [0.29, 0.717) is 30.3 Å². The zero-order valence-corrected chi connectivity index (χ0v) is 9.36. The van der Waals surface area contributed by atoms with Gasteiger partial charge in [-0.3, -0.25) is 5.84 Å². The molecule has 0 atom stereocenters. The number of pyridine rings is 1. The van der Waals surface area contributed by atoms with Crippen molar-refractivity contribution in [2.24, 2.45) is 5.84 Å². The molecule has 3 N–H and O–H groups in total. The second-order valence-electron chi connectivity index (χ2n) is 4.29. The molecule has 18 heavy (non-hydrogen) atoms. The monoisotopic (exact) mass is 253 g/mol. The highest BCUT2D eigenvalue weighted by Crippen LogP contribution is 2.36. The van der Waals surface area contributed by atoms with Gasteiger partial charge in [-0.2, -0.15) is 0 Å². The summed E-state index contributed by atoms with van der Waals surface area (Å²) < 4.78 is 40.7. The van der Waals surface area contributed by atoms with Crippen LogP contribution in [0.4, 0.5) is 18.9 Å². The fraction of sp³-hybridized carbons (Fsp3) is 0.250. The molecule has 3 nitrogen and oxygen atoms in total. The minimum absolute atomic E-state index is 0.0861. The van der Waals surface area contributed by atoms with Gasteiger partial charge in [0.15, 0.2) is 11.6 Å². The number of halogens is 3. The number of aryl methyl sites for hydroxylation is 1. The molecule has 1 aliphatic carbocycles. The van der Waals surface area contributed by atoms with E-state index in [0.717, 1.165) is 12.0 Å². The van der Waals surface area contributed by atoms with Crippen molar-refractivity contribution in [3.8, 4) is 0 Å². The van der Waals surface area contributed by atoms with Gasteiger partial charge in [0.25, 0.3) is 0 Å². The summed E-state index contributed by atoms with van der Waals surface area (Å²) in [6.07, 6.45) is 2.22. The number of anilines is 1. The Hall–Kier alpha value is -1.82. The van der Waals surface area contributed by atoms with Gasteiger partial charge in [-0.1, -0.05) is 0 Å². The van der Waals surface area contributed by atoms with E-state index in [1.54, 1.807) is 0 Å². The molecule has 0 spiro atoms. The lowest BCUT2D eigenvalue weighted by Gasteiger charge is -2.12. The van der Waals surface area contributed by atoms with Crippen molar-refractivity contribution in [1.29, 1.82) is 0 Å². The van der Waals surface area contributed by atoms with E-state index < -0.39 is 17.5 Å². The summed E-state index contributed by atoms with van der Waals surface area (Å²) in [5.41, 5.74) is 3.83. The molecular weight excluding hydrogens is 243 g/mol. The van der Waals surface area contributed by atoms with Crippen LogP contribution < -0.4 is 11.3 Å². The number of nitrogens with two attached hydrogens (primary N) is 1. The number of nitrogens with zero attached hydrogens (tertiary/aromatic N) is 1. The van der Waals surface area contributed by atoms with Gasteiger partial charge in [0, 0.05) is 11.8 Å². The molecule has 3 rings (SSSR count). The van der Waals surface area contributed by atoms with Crippen LogP contribution in [0.2, 0.25) is 0 Å². The third-order valence-electron chi connectivity index (χ3n) is 3.28. The molecule has 94 valence electrons. The Morgan fingerprint density at radius 3 is 2.67 bits per heavy atom. The Balaban J connectivity index is 2.50. The van der Waals surface area contributed by atoms with Crippen LogP contribution in [0.3, 0.4) is 0 Å². The topological polar surface area (TPSA) is 50.9 Å². The van der Waals surface area contributed by atoms with Crippen LogP contribution in [0.5, 0.6) is 0 Å². The number of aromatic nitrogens is 1. The first-order valence-corrected chi connectivity index (χ1v) is 5.59. The minimum atomic E-state index is -1.24. The zero-order chi connectivity index (χ0) is 12.9. The fourth-order valence-electron chi connectivity index (χ4n) is 2.49. The summed E-state index contributed by atoms with van der Waals surface area (Å²) in [5, 5.41) is -0.0861. The summed E-state index contributed by atoms with van der Waals surface area (Å²) in [7, 11) is 0. The van der Waals surface area contributed by atoms with E-state index in [9.17, 15) is 13.2 Å². The van der Waals surface area contributed by atoms with Crippen molar-refractivity contribution in [2.75, 3.05) is 5.43 Å². The maximum absolute atomic E-state index is 13.8. The number of nitrogens with one attached hydrogen (secondary N) is 1. The summed E-state index contributed by atoms with van der Waals surface area (Å²) >= 11 is 0. The maximum Gasteiger partial charge on any atom is 0.185 e. The van der Waals surface area contributed by atoms with Crippen LogP contribution in [0.25, 0.3) is 10.9 Å². The first kappa shape index (κ1) is 11.3. The Bertz CT molecular complexity index is 655. The Kier molecular flexibility index (Phi) is 2.41. The molecular formula is C12H10F3N3. The second kappa shape index (κ2) is 3.84. The summed E-state index contributed by atoms with van der Waals surface area (Å²) in [6, 6.07) is 0.515. The molecule has 1 aromatic carbocycles. The Morgan fingerprint density at radius 1 is 1.17 bits per heavy atom. The molecule has 0 aliphatic heterocycles. The largest absolute Gasteiger partial charge is 0.323 e. The molecule has 1 aliphatic rings. The summed E-state index contributed by atoms with van der Waals surface area (Å²) in [6.45, 7) is 0. The molecule has 1 aromatic heterocycles. The van der Waals surface area contributed by atoms with Crippen LogP contribution >= 0.6 is 0 Å². The average molecular weight is 253 g/mol. The van der Waals surface area contributed by atoms with Crippen LogP contribution in [0.1, 0.15) is 17.7 Å². The smallest absolute Gasteiger partial charge is 0.185 e. The van der Waals surface area contributed by atoms with E-state index >= 15 is 0 Å². The molecule has 0 fully saturated rings. The SMILES string of the molecule is NNc1c2c(nc3c(F)c(F)cc(F)c13)CCC2. The molecule has 0 unspecified atom stereocenters. The van der Waals surface area contributed by atoms with Crippen molar-refractivity contribution in [2.45, 2.75) is 19.3 Å². The van der Waals surface area contributed by atoms with E-state index in [1.807, 2.05) is 0 Å². The normalized spacial score (nSPS) is 14.0. The van der Waals surface area contributed by atoms with Gasteiger partial charge in [-0.15, -0.1) is 0 Å². The van der Waals surface area contributed by atoms with Crippen LogP contribution in [0, 0.1) is 17.5 Å². The molecule has 0 saturated carbocycles. The lowest BCUT2D eigenvalue weighted by atomic mass is 10.1. The molecule has 0 radical (unpaired) electrons. The van der Waals surface area contributed by atoms with Crippen LogP contribution in [-0.2, 0) is 12.8 Å². The standard InChI is InChI=1S/C12H10F3N3/c13-6-4-7(14)10(15)12-9(6)11(18-16)5-2-1-3-8(5)17-12/h4H,1-3,16H2,(H,17,18). The number of nitrogen functional groups attached to an aromatic ring is 1. The van der Waals surface area contributed by atoms with E-state index in [-0.39, 0.29) is 10.9 Å². The maximum atomic E-state index is 13.8. The average Bonchev–Trinajstić information content (AvgIpc) is 2.81. The molecule has 6 heteroatoms. The van der Waals surface area contributed by atoms with Gasteiger partial charge in [0.1, 0.15) is 11.3 Å². The summed E-state index contributed by atoms with van der Waals surface area (Å²) in [5.74, 6) is 2.14. The van der Waals surface area contributed by atoms with Gasteiger partial charge < -0.3 is 5.43 Å². The fourth-order valence-corrected chi connectivity index (χ4v) is 2.49. The lowest BCUT2D eigenvalue weighted by Crippen LogP contribution is -2.12. The van der Waals surface area contributed by atoms with Gasteiger partial charge in [0.2, 0.25) is 0 Å². The lowest BCUT2D eigenvalue weighted by molar-refractivity contribution is 0.504. The van der Waals surface area contributed by atoms with Gasteiger partial charge >= 0.3 is 0 Å². The molecule has 0 saturated heterocycles. The second-order valence-corrected chi connectivity index (χ2v) is 4.29. The van der Waals surface area contributed by atoms with Crippen molar-refractivity contribution in [3.05, 3.63) is 34.8 Å². The van der Waals surface area contributed by atoms with Gasteiger partial charge in [-0.25, -0.2) is 18.2 Å². The third-order valence-corrected chi connectivity index (χ3v) is 3.28. The molecule has 2 aromatic rings. The van der Waals surface area contributed by atoms with E-state index in [2.05, 4.69) is 10.4 Å². The zero-order valence-electron chi connectivity index (χ0n) is 9.36. The Morgan fingerprint density at radius 2 is 1.94 bits per heavy atom. The third kappa shape index (κ3) is 1.38. The highest BCUT2D eigenvalue weighted by molar-refractivity contribution is 5.94. The number of hydrogen-bond acceptors (Lipinski definition) is 3. The number of benzene rings is 1. The highest BCUT2D eigenvalue weighted by atomic mass is 19.2. The quantitative estimate of drug-likeness (QED) is 0.466. The number of hydrogen-bond donors (Lipinski definition) is 2. The number of fused-ring (bicyclic) bond motifs is 2. The number of hydrazine groups is 1. The predicted octanol–water partition coefficient (Wildman–Crippen LogP) is 2.43. The van der Waals surface area contributed by atoms with Crippen molar-refractivity contribution < 1.29 is 13.2 Å². The van der Waals surface area contributed by atoms with E-state index in [4.69, 9.17) is 5.84 Å². The van der Waals surface area contributed by atoms with Gasteiger partial charge in [0.05, 0.1) is 11.1 Å². The highest BCUT2D eigenvalue weighted by Gasteiger charge is 2.24. The predicted molar refractivity (Wildman–Crippen MR) is 61.5 cm³/mol. The van der Waals surface area contributed by atoms with Crippen LogP contribution in [-0.4, -0.2) is 4.98 Å². The molecule has 1 heterocycles. The van der Waals surface area contributed by atoms with E-state index in [1.165, 1.54) is 0 Å². The molecule has 0 amide bonds. The number of rotatable bonds is 1. The first-order chi connectivity index (χ1) is 8.63. The van der Waals surface area contributed by atoms with Crippen molar-refractivity contribution >= 4 is 16.6 Å². The summed E-state index contributed by atoms with van der Waals surface area (Å²) in [4.78, 5) is 4.04.